The van der Waals surface area contributed by atoms with Crippen LogP contribution in [-0.4, -0.2) is 44.1 Å². The standard InChI is InChI=1S/C10H17N3O3S/c1-7-10(8(2)16-12-7)17(14,15)13(3)9-4-5-11-6-9/h9,11H,4-6H2,1-3H3/t9-/m0/s1. The monoisotopic (exact) mass is 259 g/mol. The SMILES string of the molecule is Cc1noc(C)c1S(=O)(=O)N(C)[C@H]1CCNC1. The maximum absolute atomic E-state index is 12.4. The summed E-state index contributed by atoms with van der Waals surface area (Å²) in [5.41, 5.74) is 0.417. The van der Waals surface area contributed by atoms with Gasteiger partial charge in [0.2, 0.25) is 10.0 Å². The van der Waals surface area contributed by atoms with Crippen LogP contribution in [0.5, 0.6) is 0 Å². The highest BCUT2D eigenvalue weighted by Crippen LogP contribution is 2.24. The number of hydrogen-bond acceptors (Lipinski definition) is 5. The van der Waals surface area contributed by atoms with Crippen molar-refractivity contribution in [3.05, 3.63) is 11.5 Å². The van der Waals surface area contributed by atoms with Crippen LogP contribution < -0.4 is 5.32 Å². The van der Waals surface area contributed by atoms with Gasteiger partial charge in [-0.1, -0.05) is 5.16 Å². The summed E-state index contributed by atoms with van der Waals surface area (Å²) >= 11 is 0. The molecule has 0 amide bonds. The fraction of sp³-hybridized carbons (Fsp3) is 0.700. The zero-order valence-corrected chi connectivity index (χ0v) is 11.0. The van der Waals surface area contributed by atoms with Crippen molar-refractivity contribution in [2.45, 2.75) is 31.2 Å². The molecule has 0 unspecified atom stereocenters. The smallest absolute Gasteiger partial charge is 0.248 e. The molecule has 2 heterocycles. The summed E-state index contributed by atoms with van der Waals surface area (Å²) in [5, 5.41) is 6.85. The van der Waals surface area contributed by atoms with Crippen LogP contribution in [0.1, 0.15) is 17.9 Å². The average Bonchev–Trinajstić information content (AvgIpc) is 2.87. The normalized spacial score (nSPS) is 21.3. The fourth-order valence-corrected chi connectivity index (χ4v) is 3.80. The van der Waals surface area contributed by atoms with Gasteiger partial charge >= 0.3 is 0 Å². The Kier molecular flexibility index (Phi) is 3.24. The minimum atomic E-state index is -3.50. The first-order valence-electron chi connectivity index (χ1n) is 5.56. The molecule has 0 saturated carbocycles. The van der Waals surface area contributed by atoms with Gasteiger partial charge in [0.25, 0.3) is 0 Å². The lowest BCUT2D eigenvalue weighted by Crippen LogP contribution is -2.38. The minimum Gasteiger partial charge on any atom is -0.360 e. The lowest BCUT2D eigenvalue weighted by molar-refractivity contribution is 0.380. The number of aryl methyl sites for hydroxylation is 2. The van der Waals surface area contributed by atoms with Crippen molar-refractivity contribution in [2.75, 3.05) is 20.1 Å². The summed E-state index contributed by atoms with van der Waals surface area (Å²) in [6.45, 7) is 4.81. The van der Waals surface area contributed by atoms with Crippen LogP contribution in [0.25, 0.3) is 0 Å². The lowest BCUT2D eigenvalue weighted by atomic mass is 10.3. The van der Waals surface area contributed by atoms with E-state index in [1.165, 1.54) is 4.31 Å². The van der Waals surface area contributed by atoms with Crippen LogP contribution in [0.15, 0.2) is 9.42 Å². The second-order valence-electron chi connectivity index (χ2n) is 4.32. The molecule has 96 valence electrons. The highest BCUT2D eigenvalue weighted by Gasteiger charge is 2.34. The molecule has 1 aliphatic rings. The number of nitrogens with one attached hydrogen (secondary N) is 1. The Balaban J connectivity index is 2.36. The molecule has 1 saturated heterocycles. The van der Waals surface area contributed by atoms with E-state index in [0.29, 0.717) is 18.0 Å². The summed E-state index contributed by atoms with van der Waals surface area (Å²) in [4.78, 5) is 0.201. The molecular weight excluding hydrogens is 242 g/mol. The first-order valence-corrected chi connectivity index (χ1v) is 7.00. The summed E-state index contributed by atoms with van der Waals surface area (Å²) < 4.78 is 31.2. The molecule has 7 heteroatoms. The first-order chi connectivity index (χ1) is 7.94. The van der Waals surface area contributed by atoms with E-state index in [2.05, 4.69) is 10.5 Å². The van der Waals surface area contributed by atoms with Gasteiger partial charge in [-0.2, -0.15) is 4.31 Å². The summed E-state index contributed by atoms with van der Waals surface area (Å²) in [6.07, 6.45) is 0.832. The summed E-state index contributed by atoms with van der Waals surface area (Å²) in [5.74, 6) is 0.348. The van der Waals surface area contributed by atoms with E-state index in [1.807, 2.05) is 0 Å². The molecule has 1 atom stereocenters. The average molecular weight is 259 g/mol. The van der Waals surface area contributed by atoms with E-state index < -0.39 is 10.0 Å². The van der Waals surface area contributed by atoms with Crippen LogP contribution in [0, 0.1) is 13.8 Å². The predicted molar refractivity (Wildman–Crippen MR) is 62.2 cm³/mol. The predicted octanol–water partition coefficient (Wildman–Crippen LogP) is 0.274. The number of sulfonamides is 1. The molecule has 17 heavy (non-hydrogen) atoms. The van der Waals surface area contributed by atoms with Crippen LogP contribution >= 0.6 is 0 Å². The van der Waals surface area contributed by atoms with Crippen molar-refractivity contribution >= 4 is 10.0 Å². The molecule has 1 aliphatic heterocycles. The third-order valence-electron chi connectivity index (χ3n) is 3.15. The second-order valence-corrected chi connectivity index (χ2v) is 6.26. The van der Waals surface area contributed by atoms with Crippen molar-refractivity contribution in [1.82, 2.24) is 14.8 Å². The second kappa shape index (κ2) is 4.40. The third-order valence-corrected chi connectivity index (χ3v) is 5.31. The molecular formula is C10H17N3O3S. The van der Waals surface area contributed by atoms with Gasteiger partial charge in [0.1, 0.15) is 10.6 Å². The maximum Gasteiger partial charge on any atom is 0.248 e. The molecule has 2 rings (SSSR count). The number of nitrogens with zero attached hydrogens (tertiary/aromatic N) is 2. The van der Waals surface area contributed by atoms with Crippen LogP contribution in [-0.2, 0) is 10.0 Å². The Morgan fingerprint density at radius 3 is 2.65 bits per heavy atom. The van der Waals surface area contributed by atoms with Crippen molar-refractivity contribution in [2.24, 2.45) is 0 Å². The Labute approximate surface area is 101 Å². The molecule has 1 aromatic heterocycles. The fourth-order valence-electron chi connectivity index (χ4n) is 2.13. The first kappa shape index (κ1) is 12.5. The molecule has 1 aromatic rings. The number of hydrogen-bond donors (Lipinski definition) is 1. The van der Waals surface area contributed by atoms with Crippen LogP contribution in [0.3, 0.4) is 0 Å². The van der Waals surface area contributed by atoms with Crippen molar-refractivity contribution in [3.8, 4) is 0 Å². The molecule has 0 bridgehead atoms. The van der Waals surface area contributed by atoms with Gasteiger partial charge in [0.05, 0.1) is 0 Å². The van der Waals surface area contributed by atoms with Gasteiger partial charge in [-0.3, -0.25) is 0 Å². The number of rotatable bonds is 3. The molecule has 0 aliphatic carbocycles. The Morgan fingerprint density at radius 2 is 2.18 bits per heavy atom. The molecule has 1 fully saturated rings. The Bertz CT molecular complexity index is 483. The van der Waals surface area contributed by atoms with E-state index >= 15 is 0 Å². The Hall–Kier alpha value is -0.920. The van der Waals surface area contributed by atoms with Gasteiger partial charge in [-0.15, -0.1) is 0 Å². The van der Waals surface area contributed by atoms with Crippen molar-refractivity contribution in [3.63, 3.8) is 0 Å². The lowest BCUT2D eigenvalue weighted by Gasteiger charge is -2.22. The summed E-state index contributed by atoms with van der Waals surface area (Å²) in [6, 6.07) is 0.00806. The molecule has 0 spiro atoms. The third kappa shape index (κ3) is 2.10. The van der Waals surface area contributed by atoms with E-state index in [-0.39, 0.29) is 10.9 Å². The van der Waals surface area contributed by atoms with E-state index in [1.54, 1.807) is 20.9 Å². The molecule has 0 aromatic carbocycles. The highest BCUT2D eigenvalue weighted by atomic mass is 32.2. The molecule has 1 N–H and O–H groups in total. The van der Waals surface area contributed by atoms with Gasteiger partial charge in [0.15, 0.2) is 5.76 Å². The largest absolute Gasteiger partial charge is 0.360 e. The minimum absolute atomic E-state index is 0.00806. The highest BCUT2D eigenvalue weighted by molar-refractivity contribution is 7.89. The molecule has 0 radical (unpaired) electrons. The maximum atomic E-state index is 12.4. The van der Waals surface area contributed by atoms with Gasteiger partial charge in [0, 0.05) is 19.6 Å². The summed E-state index contributed by atoms with van der Waals surface area (Å²) in [7, 11) is -1.89. The van der Waals surface area contributed by atoms with Crippen molar-refractivity contribution in [1.29, 1.82) is 0 Å². The van der Waals surface area contributed by atoms with Crippen LogP contribution in [0.2, 0.25) is 0 Å². The molecule has 6 nitrogen and oxygen atoms in total. The zero-order chi connectivity index (χ0) is 12.6. The van der Waals surface area contributed by atoms with Gasteiger partial charge in [-0.05, 0) is 26.8 Å². The number of likely N-dealkylation sites (N-methyl/N-ethyl adjacent to an activating group) is 1. The van der Waals surface area contributed by atoms with E-state index in [4.69, 9.17) is 4.52 Å². The zero-order valence-electron chi connectivity index (χ0n) is 10.2. The quantitative estimate of drug-likeness (QED) is 0.843. The number of aromatic nitrogens is 1. The van der Waals surface area contributed by atoms with E-state index in [0.717, 1.165) is 13.0 Å². The van der Waals surface area contributed by atoms with E-state index in [9.17, 15) is 8.42 Å². The van der Waals surface area contributed by atoms with Gasteiger partial charge < -0.3 is 9.84 Å². The van der Waals surface area contributed by atoms with Crippen LogP contribution in [0.4, 0.5) is 0 Å². The van der Waals surface area contributed by atoms with Crippen molar-refractivity contribution < 1.29 is 12.9 Å². The van der Waals surface area contributed by atoms with Gasteiger partial charge in [-0.25, -0.2) is 8.42 Å². The topological polar surface area (TPSA) is 75.4 Å². The Morgan fingerprint density at radius 1 is 1.47 bits per heavy atom.